The van der Waals surface area contributed by atoms with Crippen LogP contribution in [0.5, 0.6) is 0 Å². The molecule has 0 fully saturated rings. The van der Waals surface area contributed by atoms with Crippen molar-refractivity contribution in [2.24, 2.45) is 0 Å². The van der Waals surface area contributed by atoms with E-state index in [9.17, 15) is 18.4 Å². The lowest BCUT2D eigenvalue weighted by atomic mass is 10.0. The fourth-order valence-electron chi connectivity index (χ4n) is 1.43. The maximum Gasteiger partial charge on any atom is 0.305 e. The van der Waals surface area contributed by atoms with Crippen LogP contribution in [0, 0.1) is 11.6 Å². The lowest BCUT2D eigenvalue weighted by molar-refractivity contribution is -0.140. The van der Waals surface area contributed by atoms with E-state index >= 15 is 0 Å². The number of hydrogen-bond acceptors (Lipinski definition) is 3. The molecular weight excluding hydrogens is 310 g/mol. The lowest BCUT2D eigenvalue weighted by Crippen LogP contribution is -2.08. The van der Waals surface area contributed by atoms with Crippen LogP contribution in [0.3, 0.4) is 0 Å². The molecule has 0 aliphatic rings. The summed E-state index contributed by atoms with van der Waals surface area (Å²) in [5.41, 5.74) is -0.567. The molecule has 0 aliphatic heterocycles. The second kappa shape index (κ2) is 6.58. The molecule has 98 valence electrons. The minimum Gasteiger partial charge on any atom is -0.469 e. The van der Waals surface area contributed by atoms with E-state index in [1.165, 1.54) is 7.11 Å². The summed E-state index contributed by atoms with van der Waals surface area (Å²) >= 11 is 2.92. The number of carbonyl (C=O) groups excluding carboxylic acids is 2. The van der Waals surface area contributed by atoms with Crippen LogP contribution in [0.25, 0.3) is 0 Å². The number of hydrogen-bond donors (Lipinski definition) is 0. The number of carbonyl (C=O) groups is 2. The maximum absolute atomic E-state index is 13.4. The molecule has 0 radical (unpaired) electrons. The molecule has 0 saturated carbocycles. The van der Waals surface area contributed by atoms with Gasteiger partial charge in [0.05, 0.1) is 12.7 Å². The third-order valence-corrected chi connectivity index (χ3v) is 2.76. The predicted octanol–water partition coefficient (Wildman–Crippen LogP) is 3.25. The highest BCUT2D eigenvalue weighted by Crippen LogP contribution is 2.21. The van der Waals surface area contributed by atoms with E-state index in [2.05, 4.69) is 20.7 Å². The molecule has 3 nitrogen and oxygen atoms in total. The Morgan fingerprint density at radius 3 is 2.28 bits per heavy atom. The number of methoxy groups -OCH3 is 1. The van der Waals surface area contributed by atoms with Crippen LogP contribution < -0.4 is 0 Å². The van der Waals surface area contributed by atoms with E-state index in [0.29, 0.717) is 0 Å². The van der Waals surface area contributed by atoms with E-state index < -0.39 is 29.0 Å². The molecule has 1 aromatic rings. The number of rotatable bonds is 5. The zero-order valence-electron chi connectivity index (χ0n) is 9.63. The second-order valence-electron chi connectivity index (χ2n) is 3.60. The maximum atomic E-state index is 13.4. The molecule has 0 heterocycles. The molecule has 1 rings (SSSR count). The molecule has 0 spiro atoms. The fraction of sp³-hybridized carbons (Fsp3) is 0.333. The van der Waals surface area contributed by atoms with Gasteiger partial charge in [-0.25, -0.2) is 8.78 Å². The van der Waals surface area contributed by atoms with Crippen molar-refractivity contribution >= 4 is 27.7 Å². The van der Waals surface area contributed by atoms with Gasteiger partial charge in [0.15, 0.2) is 5.78 Å². The largest absolute Gasteiger partial charge is 0.469 e. The van der Waals surface area contributed by atoms with Crippen molar-refractivity contribution in [1.82, 2.24) is 0 Å². The molecule has 0 amide bonds. The van der Waals surface area contributed by atoms with Gasteiger partial charge < -0.3 is 4.74 Å². The molecule has 0 aromatic heterocycles. The zero-order chi connectivity index (χ0) is 13.7. The minimum absolute atomic E-state index is 0.0437. The van der Waals surface area contributed by atoms with Crippen molar-refractivity contribution < 1.29 is 23.1 Å². The van der Waals surface area contributed by atoms with E-state index in [-0.39, 0.29) is 23.7 Å². The normalized spacial score (nSPS) is 10.2. The first-order chi connectivity index (χ1) is 8.45. The van der Waals surface area contributed by atoms with Crippen molar-refractivity contribution in [2.45, 2.75) is 19.3 Å². The van der Waals surface area contributed by atoms with Gasteiger partial charge in [-0.2, -0.15) is 0 Å². The van der Waals surface area contributed by atoms with E-state index in [0.717, 1.165) is 12.1 Å². The van der Waals surface area contributed by atoms with Gasteiger partial charge in [0, 0.05) is 17.3 Å². The van der Waals surface area contributed by atoms with Crippen LogP contribution in [0.1, 0.15) is 29.6 Å². The predicted molar refractivity (Wildman–Crippen MR) is 64.3 cm³/mol. The lowest BCUT2D eigenvalue weighted by Gasteiger charge is -2.04. The quantitative estimate of drug-likeness (QED) is 0.618. The molecule has 0 aliphatic carbocycles. The molecule has 0 bridgehead atoms. The molecular formula is C12H11BrF2O3. The number of halogens is 3. The van der Waals surface area contributed by atoms with Crippen molar-refractivity contribution in [3.05, 3.63) is 33.8 Å². The molecule has 0 unspecified atom stereocenters. The van der Waals surface area contributed by atoms with Gasteiger partial charge in [0.1, 0.15) is 11.6 Å². The first-order valence-corrected chi connectivity index (χ1v) is 5.99. The topological polar surface area (TPSA) is 43.4 Å². The Balaban J connectivity index is 2.70. The highest BCUT2D eigenvalue weighted by Gasteiger charge is 2.18. The highest BCUT2D eigenvalue weighted by atomic mass is 79.9. The molecule has 18 heavy (non-hydrogen) atoms. The smallest absolute Gasteiger partial charge is 0.305 e. The Hall–Kier alpha value is -1.30. The average molecular weight is 321 g/mol. The van der Waals surface area contributed by atoms with Crippen LogP contribution >= 0.6 is 15.9 Å². The summed E-state index contributed by atoms with van der Waals surface area (Å²) in [7, 11) is 1.23. The highest BCUT2D eigenvalue weighted by molar-refractivity contribution is 9.10. The monoisotopic (exact) mass is 320 g/mol. The van der Waals surface area contributed by atoms with Gasteiger partial charge in [0.2, 0.25) is 0 Å². The molecule has 0 N–H and O–H groups in total. The van der Waals surface area contributed by atoms with Crippen molar-refractivity contribution in [3.8, 4) is 0 Å². The number of ether oxygens (including phenoxy) is 1. The number of esters is 1. The summed E-state index contributed by atoms with van der Waals surface area (Å²) < 4.78 is 31.5. The van der Waals surface area contributed by atoms with Gasteiger partial charge in [-0.15, -0.1) is 0 Å². The standard InChI is InChI=1S/C12H11BrF2O3/c1-18-11(17)4-2-3-10(16)12-8(14)5-7(13)6-9(12)15/h5-6H,2-4H2,1H3. The Morgan fingerprint density at radius 2 is 1.78 bits per heavy atom. The van der Waals surface area contributed by atoms with Crippen LogP contribution in [0.15, 0.2) is 16.6 Å². The van der Waals surface area contributed by atoms with Crippen LogP contribution in [0.2, 0.25) is 0 Å². The molecule has 6 heteroatoms. The Kier molecular flexibility index (Phi) is 5.40. The van der Waals surface area contributed by atoms with E-state index in [1.54, 1.807) is 0 Å². The first kappa shape index (κ1) is 14.8. The number of Topliss-reactive ketones (excluding diaryl/α,β-unsaturated/α-hetero) is 1. The average Bonchev–Trinajstić information content (AvgIpc) is 2.27. The third kappa shape index (κ3) is 3.87. The molecule has 0 saturated heterocycles. The number of ketones is 1. The fourth-order valence-corrected chi connectivity index (χ4v) is 1.83. The van der Waals surface area contributed by atoms with Gasteiger partial charge in [-0.1, -0.05) is 15.9 Å². The van der Waals surface area contributed by atoms with Crippen molar-refractivity contribution in [2.75, 3.05) is 7.11 Å². The van der Waals surface area contributed by atoms with Crippen LogP contribution in [0.4, 0.5) is 8.78 Å². The second-order valence-corrected chi connectivity index (χ2v) is 4.51. The number of benzene rings is 1. The molecule has 0 atom stereocenters. The SMILES string of the molecule is COC(=O)CCCC(=O)c1c(F)cc(Br)cc1F. The first-order valence-electron chi connectivity index (χ1n) is 5.20. The summed E-state index contributed by atoms with van der Waals surface area (Å²) in [5, 5.41) is 0. The van der Waals surface area contributed by atoms with Crippen LogP contribution in [-0.4, -0.2) is 18.9 Å². The summed E-state index contributed by atoms with van der Waals surface area (Å²) in [6, 6.07) is 2.05. The third-order valence-electron chi connectivity index (χ3n) is 2.30. The van der Waals surface area contributed by atoms with Gasteiger partial charge in [-0.05, 0) is 18.6 Å². The molecule has 1 aromatic carbocycles. The van der Waals surface area contributed by atoms with Crippen molar-refractivity contribution in [1.29, 1.82) is 0 Å². The summed E-state index contributed by atoms with van der Waals surface area (Å²) in [5.74, 6) is -2.95. The van der Waals surface area contributed by atoms with E-state index in [1.807, 2.05) is 0 Å². The van der Waals surface area contributed by atoms with E-state index in [4.69, 9.17) is 0 Å². The zero-order valence-corrected chi connectivity index (χ0v) is 11.2. The van der Waals surface area contributed by atoms with Crippen LogP contribution in [-0.2, 0) is 9.53 Å². The Labute approximate surface area is 111 Å². The van der Waals surface area contributed by atoms with Gasteiger partial charge in [-0.3, -0.25) is 9.59 Å². The van der Waals surface area contributed by atoms with Gasteiger partial charge in [0.25, 0.3) is 0 Å². The summed E-state index contributed by atoms with van der Waals surface area (Å²) in [6.45, 7) is 0. The Morgan fingerprint density at radius 1 is 1.22 bits per heavy atom. The summed E-state index contributed by atoms with van der Waals surface area (Å²) in [4.78, 5) is 22.4. The minimum atomic E-state index is -0.912. The van der Waals surface area contributed by atoms with Gasteiger partial charge >= 0.3 is 5.97 Å². The summed E-state index contributed by atoms with van der Waals surface area (Å²) in [6.07, 6.45) is 0.132. The Bertz CT molecular complexity index is 451. The van der Waals surface area contributed by atoms with Crippen molar-refractivity contribution in [3.63, 3.8) is 0 Å².